The van der Waals surface area contributed by atoms with Crippen LogP contribution in [-0.2, 0) is 0 Å². The Morgan fingerprint density at radius 2 is 1.42 bits per heavy atom. The largest absolute Gasteiger partial charge is 0.493 e. The minimum Gasteiger partial charge on any atom is -0.493 e. The van der Waals surface area contributed by atoms with Crippen molar-refractivity contribution in [3.63, 3.8) is 0 Å². The van der Waals surface area contributed by atoms with E-state index in [2.05, 4.69) is 26.8 Å². The van der Waals surface area contributed by atoms with Crippen LogP contribution in [0.1, 0.15) is 88.9 Å². The highest BCUT2D eigenvalue weighted by Gasteiger charge is 2.09. The molecule has 180 valence electrons. The first kappa shape index (κ1) is 26.5. The Morgan fingerprint density at radius 3 is 2.09 bits per heavy atom. The van der Waals surface area contributed by atoms with E-state index in [0.29, 0.717) is 29.6 Å². The van der Waals surface area contributed by atoms with Crippen LogP contribution in [0.2, 0.25) is 0 Å². The maximum Gasteiger partial charge on any atom is 0.343 e. The van der Waals surface area contributed by atoms with Crippen molar-refractivity contribution in [2.45, 2.75) is 78.6 Å². The van der Waals surface area contributed by atoms with Gasteiger partial charge in [-0.25, -0.2) is 4.79 Å². The zero-order valence-corrected chi connectivity index (χ0v) is 20.6. The Bertz CT molecular complexity index is 809. The van der Waals surface area contributed by atoms with Crippen molar-refractivity contribution in [3.05, 3.63) is 66.4 Å². The number of carbonyl (C=O) groups excluding carboxylic acids is 1. The molecule has 4 heteroatoms. The van der Waals surface area contributed by atoms with Gasteiger partial charge in [-0.15, -0.1) is 0 Å². The highest BCUT2D eigenvalue weighted by atomic mass is 16.5. The topological polar surface area (TPSA) is 44.8 Å². The molecule has 0 N–H and O–H groups in total. The number of benzene rings is 2. The number of allylic oxidation sites excluding steroid dienone is 1. The van der Waals surface area contributed by atoms with Gasteiger partial charge >= 0.3 is 5.97 Å². The molecule has 4 nitrogen and oxygen atoms in total. The molecule has 2 aromatic carbocycles. The Balaban J connectivity index is 1.68. The molecule has 0 saturated heterocycles. The second kappa shape index (κ2) is 16.0. The minimum atomic E-state index is -0.399. The fraction of sp³-hybridized carbons (Fsp3) is 0.483. The van der Waals surface area contributed by atoms with Gasteiger partial charge in [0, 0.05) is 0 Å². The van der Waals surface area contributed by atoms with E-state index in [9.17, 15) is 4.79 Å². The summed E-state index contributed by atoms with van der Waals surface area (Å²) in [5.74, 6) is 2.07. The fourth-order valence-electron chi connectivity index (χ4n) is 3.21. The van der Waals surface area contributed by atoms with Crippen LogP contribution in [-0.4, -0.2) is 12.6 Å². The number of unbranched alkanes of at least 4 members (excludes halogenated alkanes) is 7. The van der Waals surface area contributed by atoms with Crippen molar-refractivity contribution in [3.8, 4) is 17.2 Å². The van der Waals surface area contributed by atoms with Gasteiger partial charge < -0.3 is 14.2 Å². The lowest BCUT2D eigenvalue weighted by Gasteiger charge is -2.11. The molecule has 0 aliphatic rings. The first-order chi connectivity index (χ1) is 16.1. The van der Waals surface area contributed by atoms with E-state index in [1.165, 1.54) is 44.9 Å². The van der Waals surface area contributed by atoms with Crippen LogP contribution in [0.3, 0.4) is 0 Å². The van der Waals surface area contributed by atoms with E-state index in [-0.39, 0.29) is 0 Å². The Hall–Kier alpha value is -2.75. The highest BCUT2D eigenvalue weighted by molar-refractivity contribution is 5.91. The summed E-state index contributed by atoms with van der Waals surface area (Å²) in [6.45, 7) is 7.22. The van der Waals surface area contributed by atoms with Gasteiger partial charge in [0.2, 0.25) is 0 Å². The predicted octanol–water partition coefficient (Wildman–Crippen LogP) is 8.36. The second-order valence-electron chi connectivity index (χ2n) is 8.61. The van der Waals surface area contributed by atoms with Crippen LogP contribution in [0.4, 0.5) is 0 Å². The van der Waals surface area contributed by atoms with Crippen LogP contribution in [0.5, 0.6) is 17.2 Å². The van der Waals surface area contributed by atoms with Crippen LogP contribution >= 0.6 is 0 Å². The standard InChI is InChI=1S/C29H40O4/c1-4-6-7-8-9-10-11-12-13-22-31-26-16-14-25(15-17-26)29(30)33-28-20-18-27(19-21-28)32-23-24(3)5-2/h13-22,24H,4-12,23H2,1-3H3/b22-13+/t24-/m0/s1. The van der Waals surface area contributed by atoms with Crippen LogP contribution < -0.4 is 14.2 Å². The summed E-state index contributed by atoms with van der Waals surface area (Å²) < 4.78 is 16.8. The number of ether oxygens (including phenoxy) is 3. The molecule has 0 aliphatic carbocycles. The van der Waals surface area contributed by atoms with Crippen molar-refractivity contribution < 1.29 is 19.0 Å². The molecule has 2 aromatic rings. The van der Waals surface area contributed by atoms with Gasteiger partial charge in [0.15, 0.2) is 0 Å². The van der Waals surface area contributed by atoms with Crippen LogP contribution in [0, 0.1) is 5.92 Å². The number of rotatable bonds is 16. The summed E-state index contributed by atoms with van der Waals surface area (Å²) in [6, 6.07) is 14.1. The quantitative estimate of drug-likeness (QED) is 0.111. The van der Waals surface area contributed by atoms with Gasteiger partial charge in [-0.3, -0.25) is 0 Å². The van der Waals surface area contributed by atoms with E-state index < -0.39 is 5.97 Å². The van der Waals surface area contributed by atoms with E-state index >= 15 is 0 Å². The van der Waals surface area contributed by atoms with Gasteiger partial charge in [-0.05, 0) is 73.4 Å². The SMILES string of the molecule is CCCCCCCCC/C=C/Oc1ccc(C(=O)Oc2ccc(OC[C@@H](C)CC)cc2)cc1. The van der Waals surface area contributed by atoms with Gasteiger partial charge in [-0.2, -0.15) is 0 Å². The third kappa shape index (κ3) is 11.1. The smallest absolute Gasteiger partial charge is 0.343 e. The highest BCUT2D eigenvalue weighted by Crippen LogP contribution is 2.20. The third-order valence-corrected chi connectivity index (χ3v) is 5.63. The first-order valence-corrected chi connectivity index (χ1v) is 12.5. The molecule has 0 fully saturated rings. The maximum absolute atomic E-state index is 12.4. The Labute approximate surface area is 200 Å². The third-order valence-electron chi connectivity index (χ3n) is 5.63. The summed E-state index contributed by atoms with van der Waals surface area (Å²) in [5.41, 5.74) is 0.478. The molecule has 0 saturated carbocycles. The number of carbonyl (C=O) groups is 1. The molecule has 0 radical (unpaired) electrons. The molecular formula is C29H40O4. The predicted molar refractivity (Wildman–Crippen MR) is 135 cm³/mol. The Morgan fingerprint density at radius 1 is 0.818 bits per heavy atom. The van der Waals surface area contributed by atoms with Crippen molar-refractivity contribution in [1.82, 2.24) is 0 Å². The summed E-state index contributed by atoms with van der Waals surface area (Å²) >= 11 is 0. The molecule has 0 aliphatic heterocycles. The first-order valence-electron chi connectivity index (χ1n) is 12.5. The summed E-state index contributed by atoms with van der Waals surface area (Å²) in [6.07, 6.45) is 15.0. The number of esters is 1. The number of hydrogen-bond donors (Lipinski definition) is 0. The zero-order valence-electron chi connectivity index (χ0n) is 20.6. The van der Waals surface area contributed by atoms with E-state index in [1.807, 2.05) is 12.1 Å². The molecule has 1 atom stereocenters. The average Bonchev–Trinajstić information content (AvgIpc) is 2.85. The molecular weight excluding hydrogens is 412 g/mol. The normalized spacial score (nSPS) is 12.0. The van der Waals surface area contributed by atoms with E-state index in [4.69, 9.17) is 14.2 Å². The monoisotopic (exact) mass is 452 g/mol. The Kier molecular flexibility index (Phi) is 12.8. The lowest BCUT2D eigenvalue weighted by Crippen LogP contribution is -2.09. The van der Waals surface area contributed by atoms with Gasteiger partial charge in [0.1, 0.15) is 17.2 Å². The van der Waals surface area contributed by atoms with Crippen molar-refractivity contribution >= 4 is 5.97 Å². The van der Waals surface area contributed by atoms with Crippen LogP contribution in [0.15, 0.2) is 60.9 Å². The minimum absolute atomic E-state index is 0.399. The molecule has 0 unspecified atom stereocenters. The molecule has 33 heavy (non-hydrogen) atoms. The van der Waals surface area contributed by atoms with Crippen molar-refractivity contribution in [2.75, 3.05) is 6.61 Å². The molecule has 0 spiro atoms. The van der Waals surface area contributed by atoms with Crippen molar-refractivity contribution in [2.24, 2.45) is 5.92 Å². The van der Waals surface area contributed by atoms with Crippen LogP contribution in [0.25, 0.3) is 0 Å². The lowest BCUT2D eigenvalue weighted by molar-refractivity contribution is 0.0734. The second-order valence-corrected chi connectivity index (χ2v) is 8.61. The maximum atomic E-state index is 12.4. The molecule has 0 aromatic heterocycles. The summed E-state index contributed by atoms with van der Waals surface area (Å²) in [5, 5.41) is 0. The zero-order chi connectivity index (χ0) is 23.7. The van der Waals surface area contributed by atoms with E-state index in [0.717, 1.165) is 18.6 Å². The van der Waals surface area contributed by atoms with Gasteiger partial charge in [-0.1, -0.05) is 65.7 Å². The molecule has 2 rings (SSSR count). The molecule has 0 bridgehead atoms. The molecule has 0 heterocycles. The number of hydrogen-bond acceptors (Lipinski definition) is 4. The average molecular weight is 453 g/mol. The summed E-state index contributed by atoms with van der Waals surface area (Å²) in [7, 11) is 0. The van der Waals surface area contributed by atoms with E-state index in [1.54, 1.807) is 42.7 Å². The van der Waals surface area contributed by atoms with Gasteiger partial charge in [0.25, 0.3) is 0 Å². The summed E-state index contributed by atoms with van der Waals surface area (Å²) in [4.78, 5) is 12.4. The molecule has 0 amide bonds. The fourth-order valence-corrected chi connectivity index (χ4v) is 3.21. The van der Waals surface area contributed by atoms with Crippen molar-refractivity contribution in [1.29, 1.82) is 0 Å². The van der Waals surface area contributed by atoms with Gasteiger partial charge in [0.05, 0.1) is 18.4 Å². The lowest BCUT2D eigenvalue weighted by atomic mass is 10.1.